The van der Waals surface area contributed by atoms with Gasteiger partial charge in [-0.2, -0.15) is 5.26 Å². The molecule has 0 aliphatic heterocycles. The fourth-order valence-corrected chi connectivity index (χ4v) is 2.87. The highest BCUT2D eigenvalue weighted by atomic mass is 32.2. The monoisotopic (exact) mass is 369 g/mol. The van der Waals surface area contributed by atoms with Crippen molar-refractivity contribution >= 4 is 17.6 Å². The van der Waals surface area contributed by atoms with Crippen molar-refractivity contribution in [2.24, 2.45) is 0 Å². The molecule has 1 heterocycles. The number of thioether (sulfide) groups is 1. The molecule has 0 spiro atoms. The van der Waals surface area contributed by atoms with Gasteiger partial charge in [0, 0.05) is 18.7 Å². The summed E-state index contributed by atoms with van der Waals surface area (Å²) in [5.74, 6) is 0.601. The Hall–Kier alpha value is -2.10. The number of nitrogens with one attached hydrogen (secondary N) is 1. The van der Waals surface area contributed by atoms with Gasteiger partial charge in [-0.3, -0.25) is 0 Å². The smallest absolute Gasteiger partial charge is 0.189 e. The number of aromatic nitrogens is 2. The number of anilines is 1. The van der Waals surface area contributed by atoms with E-state index < -0.39 is 0 Å². The summed E-state index contributed by atoms with van der Waals surface area (Å²) in [6.45, 7) is 8.14. The van der Waals surface area contributed by atoms with Crippen LogP contribution in [-0.2, 0) is 5.41 Å². The lowest BCUT2D eigenvalue weighted by atomic mass is 9.86. The van der Waals surface area contributed by atoms with Crippen LogP contribution < -0.4 is 5.32 Å². The Kier molecular flexibility index (Phi) is 6.63. The van der Waals surface area contributed by atoms with Crippen LogP contribution in [0.1, 0.15) is 31.9 Å². The third kappa shape index (κ3) is 4.96. The van der Waals surface area contributed by atoms with Crippen molar-refractivity contribution in [3.8, 4) is 17.3 Å². The van der Waals surface area contributed by atoms with Crippen LogP contribution in [0, 0.1) is 11.3 Å². The minimum atomic E-state index is 0.0889. The fraction of sp³-hybridized carbons (Fsp3) is 0.450. The topological polar surface area (TPSA) is 64.8 Å². The van der Waals surface area contributed by atoms with Gasteiger partial charge in [0.2, 0.25) is 0 Å². The van der Waals surface area contributed by atoms with Crippen LogP contribution in [-0.4, -0.2) is 48.3 Å². The molecular formula is C20H27N5S. The van der Waals surface area contributed by atoms with Crippen LogP contribution in [0.4, 0.5) is 5.82 Å². The molecule has 2 aromatic rings. The van der Waals surface area contributed by atoms with Crippen molar-refractivity contribution in [2.75, 3.05) is 38.8 Å². The summed E-state index contributed by atoms with van der Waals surface area (Å²) < 4.78 is 0. The number of benzene rings is 1. The molecule has 0 atom stereocenters. The van der Waals surface area contributed by atoms with Crippen molar-refractivity contribution in [3.63, 3.8) is 0 Å². The highest BCUT2D eigenvalue weighted by molar-refractivity contribution is 7.98. The van der Waals surface area contributed by atoms with E-state index >= 15 is 0 Å². The number of hydrogen-bond donors (Lipinski definition) is 1. The zero-order chi connectivity index (χ0) is 19.3. The van der Waals surface area contributed by atoms with E-state index in [9.17, 15) is 5.26 Å². The Balaban J connectivity index is 2.45. The molecule has 0 aliphatic rings. The van der Waals surface area contributed by atoms with E-state index in [-0.39, 0.29) is 5.41 Å². The molecule has 0 radical (unpaired) electrons. The van der Waals surface area contributed by atoms with Gasteiger partial charge < -0.3 is 10.2 Å². The largest absolute Gasteiger partial charge is 0.368 e. The first kappa shape index (κ1) is 20.2. The Morgan fingerprint density at radius 3 is 2.31 bits per heavy atom. The van der Waals surface area contributed by atoms with Crippen molar-refractivity contribution in [1.29, 1.82) is 5.26 Å². The predicted octanol–water partition coefficient (Wildman–Crippen LogP) is 4.01. The predicted molar refractivity (Wildman–Crippen MR) is 110 cm³/mol. The van der Waals surface area contributed by atoms with Crippen LogP contribution in [0.15, 0.2) is 29.4 Å². The lowest BCUT2D eigenvalue weighted by Gasteiger charge is -2.19. The van der Waals surface area contributed by atoms with E-state index in [0.29, 0.717) is 22.2 Å². The molecule has 6 heteroatoms. The first-order valence-corrected chi connectivity index (χ1v) is 9.84. The van der Waals surface area contributed by atoms with Crippen LogP contribution in [0.2, 0.25) is 0 Å². The highest BCUT2D eigenvalue weighted by Crippen LogP contribution is 2.30. The molecule has 0 bridgehead atoms. The number of likely N-dealkylation sites (N-methyl/N-ethyl adjacent to an activating group) is 1. The summed E-state index contributed by atoms with van der Waals surface area (Å²) in [4.78, 5) is 11.2. The molecule has 0 saturated carbocycles. The maximum atomic E-state index is 9.73. The zero-order valence-corrected chi connectivity index (χ0v) is 17.2. The van der Waals surface area contributed by atoms with Crippen LogP contribution in [0.5, 0.6) is 0 Å². The number of nitrogens with zero attached hydrogens (tertiary/aromatic N) is 4. The van der Waals surface area contributed by atoms with Gasteiger partial charge in [-0.05, 0) is 31.3 Å². The molecule has 0 fully saturated rings. The van der Waals surface area contributed by atoms with Crippen molar-refractivity contribution in [2.45, 2.75) is 31.3 Å². The normalized spacial score (nSPS) is 11.5. The molecule has 0 amide bonds. The molecule has 0 aliphatic carbocycles. The summed E-state index contributed by atoms with van der Waals surface area (Å²) in [7, 11) is 4.03. The molecule has 26 heavy (non-hydrogen) atoms. The number of hydrogen-bond acceptors (Lipinski definition) is 6. The molecule has 138 valence electrons. The summed E-state index contributed by atoms with van der Waals surface area (Å²) >= 11 is 1.48. The summed E-state index contributed by atoms with van der Waals surface area (Å²) in [5.41, 5.74) is 3.45. The van der Waals surface area contributed by atoms with Gasteiger partial charge in [0.25, 0.3) is 0 Å². The third-order valence-corrected chi connectivity index (χ3v) is 4.61. The van der Waals surface area contributed by atoms with Crippen molar-refractivity contribution in [3.05, 3.63) is 35.4 Å². The maximum absolute atomic E-state index is 9.73. The Bertz CT molecular complexity index is 786. The Labute approximate surface area is 160 Å². The van der Waals surface area contributed by atoms with Gasteiger partial charge in [0.1, 0.15) is 17.5 Å². The van der Waals surface area contributed by atoms with Gasteiger partial charge in [-0.25, -0.2) is 9.97 Å². The molecule has 1 aromatic heterocycles. The first-order valence-electron chi connectivity index (χ1n) is 8.62. The van der Waals surface area contributed by atoms with Gasteiger partial charge >= 0.3 is 0 Å². The van der Waals surface area contributed by atoms with Gasteiger partial charge in [0.05, 0.1) is 5.69 Å². The minimum absolute atomic E-state index is 0.0889. The summed E-state index contributed by atoms with van der Waals surface area (Å²) in [6.07, 6.45) is 1.94. The van der Waals surface area contributed by atoms with Crippen LogP contribution in [0.3, 0.4) is 0 Å². The van der Waals surface area contributed by atoms with E-state index in [4.69, 9.17) is 0 Å². The average molecular weight is 370 g/mol. The van der Waals surface area contributed by atoms with E-state index in [0.717, 1.165) is 18.7 Å². The third-order valence-electron chi connectivity index (χ3n) is 4.06. The van der Waals surface area contributed by atoms with E-state index in [1.807, 2.05) is 32.5 Å². The summed E-state index contributed by atoms with van der Waals surface area (Å²) in [5, 5.41) is 13.7. The van der Waals surface area contributed by atoms with Gasteiger partial charge in [-0.15, -0.1) is 0 Å². The second kappa shape index (κ2) is 8.52. The molecule has 2 rings (SSSR count). The second-order valence-corrected chi connectivity index (χ2v) is 8.23. The Morgan fingerprint density at radius 1 is 1.15 bits per heavy atom. The van der Waals surface area contributed by atoms with Crippen LogP contribution in [0.25, 0.3) is 11.3 Å². The minimum Gasteiger partial charge on any atom is -0.368 e. The van der Waals surface area contributed by atoms with Gasteiger partial charge in [0.15, 0.2) is 5.16 Å². The van der Waals surface area contributed by atoms with Gasteiger partial charge in [-0.1, -0.05) is 56.8 Å². The van der Waals surface area contributed by atoms with Crippen LogP contribution >= 0.6 is 11.8 Å². The first-order chi connectivity index (χ1) is 12.3. The van der Waals surface area contributed by atoms with Crippen molar-refractivity contribution < 1.29 is 0 Å². The maximum Gasteiger partial charge on any atom is 0.189 e. The standard InChI is InChI=1S/C20H27N5S/c1-20(2,3)15-9-7-14(8-10-15)17-16(13-21)18(22-11-12-25(4)5)24-19(23-17)26-6/h7-10H,11-12H2,1-6H3,(H,22,23,24). The fourth-order valence-electron chi connectivity index (χ4n) is 2.50. The second-order valence-electron chi connectivity index (χ2n) is 7.45. The number of rotatable bonds is 6. The molecule has 0 saturated heterocycles. The molecular weight excluding hydrogens is 342 g/mol. The Morgan fingerprint density at radius 2 is 1.81 bits per heavy atom. The lowest BCUT2D eigenvalue weighted by Crippen LogP contribution is -2.21. The molecule has 0 unspecified atom stereocenters. The zero-order valence-electron chi connectivity index (χ0n) is 16.4. The molecule has 1 aromatic carbocycles. The lowest BCUT2D eigenvalue weighted by molar-refractivity contribution is 0.425. The average Bonchev–Trinajstić information content (AvgIpc) is 2.60. The highest BCUT2D eigenvalue weighted by Gasteiger charge is 2.18. The quantitative estimate of drug-likeness (QED) is 0.613. The summed E-state index contributed by atoms with van der Waals surface area (Å²) in [6, 6.07) is 10.6. The molecule has 5 nitrogen and oxygen atoms in total. The van der Waals surface area contributed by atoms with Crippen molar-refractivity contribution in [1.82, 2.24) is 14.9 Å². The van der Waals surface area contributed by atoms with E-state index in [1.165, 1.54) is 17.3 Å². The van der Waals surface area contributed by atoms with E-state index in [1.54, 1.807) is 0 Å². The number of nitriles is 1. The SMILES string of the molecule is CSc1nc(NCCN(C)C)c(C#N)c(-c2ccc(C(C)(C)C)cc2)n1. The molecule has 1 N–H and O–H groups in total. The van der Waals surface area contributed by atoms with E-state index in [2.05, 4.69) is 59.2 Å².